The van der Waals surface area contributed by atoms with E-state index in [4.69, 9.17) is 16.1 Å². The zero-order valence-electron chi connectivity index (χ0n) is 13.5. The van der Waals surface area contributed by atoms with Gasteiger partial charge in [0.2, 0.25) is 0 Å². The third-order valence-electron chi connectivity index (χ3n) is 4.27. The summed E-state index contributed by atoms with van der Waals surface area (Å²) in [4.78, 5) is 12.5. The van der Waals surface area contributed by atoms with Crippen molar-refractivity contribution in [3.05, 3.63) is 75.9 Å². The molecule has 0 spiro atoms. The van der Waals surface area contributed by atoms with E-state index in [-0.39, 0.29) is 11.6 Å². The van der Waals surface area contributed by atoms with Gasteiger partial charge >= 0.3 is 0 Å². The SMILES string of the molecule is Cc1ccc(Cl)cc1NC(=O)c1cc(-c2cccc3c2C=CC3)on1. The molecule has 124 valence electrons. The fourth-order valence-corrected chi connectivity index (χ4v) is 3.10. The number of aryl methyl sites for hydroxylation is 1. The number of carbonyl (C=O) groups is 1. The van der Waals surface area contributed by atoms with Gasteiger partial charge in [-0.25, -0.2) is 0 Å². The Morgan fingerprint density at radius 2 is 2.12 bits per heavy atom. The molecule has 0 unspecified atom stereocenters. The van der Waals surface area contributed by atoms with Gasteiger partial charge in [-0.05, 0) is 42.2 Å². The van der Waals surface area contributed by atoms with Crippen LogP contribution in [-0.4, -0.2) is 11.1 Å². The Morgan fingerprint density at radius 3 is 3.00 bits per heavy atom. The van der Waals surface area contributed by atoms with E-state index in [9.17, 15) is 4.79 Å². The van der Waals surface area contributed by atoms with Crippen molar-refractivity contribution in [3.63, 3.8) is 0 Å². The van der Waals surface area contributed by atoms with Gasteiger partial charge in [-0.15, -0.1) is 0 Å². The van der Waals surface area contributed by atoms with Crippen LogP contribution in [0.4, 0.5) is 5.69 Å². The van der Waals surface area contributed by atoms with Gasteiger partial charge in [0.25, 0.3) is 5.91 Å². The Labute approximate surface area is 150 Å². The first-order valence-corrected chi connectivity index (χ1v) is 8.32. The van der Waals surface area contributed by atoms with Crippen LogP contribution in [0.5, 0.6) is 0 Å². The number of halogens is 1. The lowest BCUT2D eigenvalue weighted by Crippen LogP contribution is -2.13. The van der Waals surface area contributed by atoms with Crippen molar-refractivity contribution < 1.29 is 9.32 Å². The maximum Gasteiger partial charge on any atom is 0.277 e. The number of nitrogens with one attached hydrogen (secondary N) is 1. The highest BCUT2D eigenvalue weighted by Crippen LogP contribution is 2.31. The van der Waals surface area contributed by atoms with Crippen molar-refractivity contribution in [2.24, 2.45) is 0 Å². The largest absolute Gasteiger partial charge is 0.355 e. The predicted molar refractivity (Wildman–Crippen MR) is 98.8 cm³/mol. The van der Waals surface area contributed by atoms with E-state index in [1.165, 1.54) is 5.56 Å². The topological polar surface area (TPSA) is 55.1 Å². The van der Waals surface area contributed by atoms with Crippen molar-refractivity contribution in [2.45, 2.75) is 13.3 Å². The van der Waals surface area contributed by atoms with Crippen molar-refractivity contribution in [2.75, 3.05) is 5.32 Å². The van der Waals surface area contributed by atoms with Crippen molar-refractivity contribution in [1.82, 2.24) is 5.16 Å². The second kappa shape index (κ2) is 6.22. The Bertz CT molecular complexity index is 1000. The smallest absolute Gasteiger partial charge is 0.277 e. The Kier molecular flexibility index (Phi) is 3.90. The molecule has 1 amide bonds. The molecule has 1 aliphatic rings. The number of aromatic nitrogens is 1. The van der Waals surface area contributed by atoms with Gasteiger partial charge in [0.05, 0.1) is 0 Å². The first-order valence-electron chi connectivity index (χ1n) is 7.95. The van der Waals surface area contributed by atoms with Crippen LogP contribution in [0, 0.1) is 6.92 Å². The molecular weight excluding hydrogens is 336 g/mol. The number of anilines is 1. The molecule has 1 heterocycles. The number of nitrogens with zero attached hydrogens (tertiary/aromatic N) is 1. The van der Waals surface area contributed by atoms with E-state index in [1.54, 1.807) is 18.2 Å². The Morgan fingerprint density at radius 1 is 1.24 bits per heavy atom. The fraction of sp³-hybridized carbons (Fsp3) is 0.100. The van der Waals surface area contributed by atoms with Gasteiger partial charge in [-0.1, -0.05) is 53.2 Å². The molecule has 4 rings (SSSR count). The van der Waals surface area contributed by atoms with Crippen LogP contribution < -0.4 is 5.32 Å². The first kappa shape index (κ1) is 15.7. The van der Waals surface area contributed by atoms with Crippen LogP contribution in [0.1, 0.15) is 27.2 Å². The van der Waals surface area contributed by atoms with E-state index in [0.717, 1.165) is 23.1 Å². The molecule has 0 saturated heterocycles. The van der Waals surface area contributed by atoms with Crippen molar-refractivity contribution >= 4 is 29.3 Å². The quantitative estimate of drug-likeness (QED) is 0.712. The molecule has 4 nitrogen and oxygen atoms in total. The molecule has 1 aromatic heterocycles. The minimum absolute atomic E-state index is 0.231. The van der Waals surface area contributed by atoms with Crippen LogP contribution in [0.2, 0.25) is 5.02 Å². The summed E-state index contributed by atoms with van der Waals surface area (Å²) in [6, 6.07) is 13.1. The van der Waals surface area contributed by atoms with E-state index >= 15 is 0 Å². The van der Waals surface area contributed by atoms with Gasteiger partial charge in [-0.3, -0.25) is 4.79 Å². The average Bonchev–Trinajstić information content (AvgIpc) is 3.26. The van der Waals surface area contributed by atoms with Gasteiger partial charge < -0.3 is 9.84 Å². The monoisotopic (exact) mass is 350 g/mol. The number of hydrogen-bond acceptors (Lipinski definition) is 3. The summed E-state index contributed by atoms with van der Waals surface area (Å²) in [5.41, 5.74) is 5.12. The standard InChI is InChI=1S/C20H15ClN2O2/c1-12-8-9-14(21)10-17(12)22-20(24)18-11-19(25-23-18)16-7-3-5-13-4-2-6-15(13)16/h2-3,5-11H,4H2,1H3,(H,22,24). The third-order valence-corrected chi connectivity index (χ3v) is 4.51. The van der Waals surface area contributed by atoms with Crippen LogP contribution in [0.15, 0.2) is 53.1 Å². The molecule has 0 radical (unpaired) electrons. The Hall–Kier alpha value is -2.85. The van der Waals surface area contributed by atoms with E-state index in [2.05, 4.69) is 28.7 Å². The molecule has 5 heteroatoms. The normalized spacial score (nSPS) is 12.2. The summed E-state index contributed by atoms with van der Waals surface area (Å²) in [6.07, 6.45) is 5.10. The zero-order chi connectivity index (χ0) is 17.4. The van der Waals surface area contributed by atoms with Crippen LogP contribution in [-0.2, 0) is 6.42 Å². The summed E-state index contributed by atoms with van der Waals surface area (Å²) >= 11 is 5.99. The molecule has 1 N–H and O–H groups in total. The first-order chi connectivity index (χ1) is 12.1. The van der Waals surface area contributed by atoms with Gasteiger partial charge in [0, 0.05) is 22.3 Å². The molecule has 3 aromatic rings. The lowest BCUT2D eigenvalue weighted by molar-refractivity contribution is 0.101. The molecular formula is C20H15ClN2O2. The summed E-state index contributed by atoms with van der Waals surface area (Å²) in [5.74, 6) is 0.250. The minimum atomic E-state index is -0.330. The highest BCUT2D eigenvalue weighted by Gasteiger charge is 2.18. The van der Waals surface area contributed by atoms with Crippen LogP contribution in [0.25, 0.3) is 17.4 Å². The van der Waals surface area contributed by atoms with E-state index in [1.807, 2.05) is 25.1 Å². The number of hydrogen-bond donors (Lipinski definition) is 1. The third kappa shape index (κ3) is 2.96. The lowest BCUT2D eigenvalue weighted by atomic mass is 10.0. The molecule has 1 aliphatic carbocycles. The molecule has 0 fully saturated rings. The molecule has 0 aliphatic heterocycles. The highest BCUT2D eigenvalue weighted by molar-refractivity contribution is 6.31. The number of rotatable bonds is 3. The second-order valence-electron chi connectivity index (χ2n) is 5.97. The van der Waals surface area contributed by atoms with Crippen molar-refractivity contribution in [3.8, 4) is 11.3 Å². The minimum Gasteiger partial charge on any atom is -0.355 e. The molecule has 2 aromatic carbocycles. The fourth-order valence-electron chi connectivity index (χ4n) is 2.93. The summed E-state index contributed by atoms with van der Waals surface area (Å²) in [6.45, 7) is 1.90. The Balaban J connectivity index is 1.61. The molecule has 25 heavy (non-hydrogen) atoms. The van der Waals surface area contributed by atoms with Gasteiger partial charge in [0.15, 0.2) is 11.5 Å². The predicted octanol–water partition coefficient (Wildman–Crippen LogP) is 5.13. The number of fused-ring (bicyclic) bond motifs is 1. The molecule has 0 bridgehead atoms. The number of allylic oxidation sites excluding steroid dienone is 1. The number of amides is 1. The van der Waals surface area contributed by atoms with E-state index in [0.29, 0.717) is 16.5 Å². The second-order valence-corrected chi connectivity index (χ2v) is 6.41. The van der Waals surface area contributed by atoms with E-state index < -0.39 is 0 Å². The van der Waals surface area contributed by atoms with Crippen molar-refractivity contribution in [1.29, 1.82) is 0 Å². The number of carbonyl (C=O) groups excluding carboxylic acids is 1. The molecule has 0 saturated carbocycles. The molecule has 0 atom stereocenters. The lowest BCUT2D eigenvalue weighted by Gasteiger charge is -2.06. The van der Waals surface area contributed by atoms with Crippen LogP contribution in [0.3, 0.4) is 0 Å². The summed E-state index contributed by atoms with van der Waals surface area (Å²) < 4.78 is 5.42. The van der Waals surface area contributed by atoms with Gasteiger partial charge in [-0.2, -0.15) is 0 Å². The summed E-state index contributed by atoms with van der Waals surface area (Å²) in [7, 11) is 0. The maximum absolute atomic E-state index is 12.5. The summed E-state index contributed by atoms with van der Waals surface area (Å²) in [5, 5.41) is 7.31. The van der Waals surface area contributed by atoms with Gasteiger partial charge in [0.1, 0.15) is 0 Å². The number of benzene rings is 2. The average molecular weight is 351 g/mol. The van der Waals surface area contributed by atoms with Crippen LogP contribution >= 0.6 is 11.6 Å². The zero-order valence-corrected chi connectivity index (χ0v) is 14.3. The highest BCUT2D eigenvalue weighted by atomic mass is 35.5. The maximum atomic E-state index is 12.5.